The van der Waals surface area contributed by atoms with Crippen molar-refractivity contribution in [1.29, 1.82) is 0 Å². The van der Waals surface area contributed by atoms with Gasteiger partial charge in [-0.2, -0.15) is 0 Å². The van der Waals surface area contributed by atoms with Crippen LogP contribution in [0.1, 0.15) is 12.0 Å². The number of hydrogen-bond donors (Lipinski definition) is 2. The van der Waals surface area contributed by atoms with E-state index in [2.05, 4.69) is 10.6 Å². The lowest BCUT2D eigenvalue weighted by atomic mass is 10.2. The number of amides is 1. The maximum atomic E-state index is 13.4. The molecule has 0 bridgehead atoms. The van der Waals surface area contributed by atoms with E-state index in [1.165, 1.54) is 6.07 Å². The van der Waals surface area contributed by atoms with Gasteiger partial charge >= 0.3 is 0 Å². The van der Waals surface area contributed by atoms with Gasteiger partial charge in [-0.1, -0.05) is 18.2 Å². The molecule has 0 aromatic heterocycles. The third-order valence-electron chi connectivity index (χ3n) is 3.11. The van der Waals surface area contributed by atoms with Crippen molar-refractivity contribution in [2.24, 2.45) is 0 Å². The van der Waals surface area contributed by atoms with E-state index in [0.717, 1.165) is 12.1 Å². The quantitative estimate of drug-likeness (QED) is 0.485. The minimum absolute atomic E-state index is 0.0348. The van der Waals surface area contributed by atoms with Gasteiger partial charge in [-0.05, 0) is 18.2 Å². The summed E-state index contributed by atoms with van der Waals surface area (Å²) in [6.45, 7) is 0.449. The van der Waals surface area contributed by atoms with Gasteiger partial charge in [0.05, 0.1) is 5.69 Å². The van der Waals surface area contributed by atoms with Crippen molar-refractivity contribution in [2.75, 3.05) is 11.9 Å². The molecule has 2 N–H and O–H groups in total. The highest BCUT2D eigenvalue weighted by Gasteiger charge is 2.14. The zero-order valence-electron chi connectivity index (χ0n) is 12.0. The predicted molar refractivity (Wildman–Crippen MR) is 77.7 cm³/mol. The summed E-state index contributed by atoms with van der Waals surface area (Å²) in [7, 11) is 0. The molecule has 2 aromatic carbocycles. The molecule has 0 aliphatic carbocycles. The molecule has 2 rings (SSSR count). The van der Waals surface area contributed by atoms with Crippen LogP contribution in [-0.4, -0.2) is 12.5 Å². The Labute approximate surface area is 130 Å². The first-order valence-corrected chi connectivity index (χ1v) is 6.86. The maximum absolute atomic E-state index is 13.4. The second kappa shape index (κ2) is 7.73. The molecule has 1 amide bonds. The Hall–Kier alpha value is -2.41. The van der Waals surface area contributed by atoms with Crippen molar-refractivity contribution in [2.45, 2.75) is 13.0 Å². The molecule has 122 valence electrons. The lowest BCUT2D eigenvalue weighted by Gasteiger charge is -2.08. The molecule has 0 saturated carbocycles. The first kappa shape index (κ1) is 17.0. The number of rotatable bonds is 6. The minimum atomic E-state index is -1.64. The van der Waals surface area contributed by atoms with Crippen LogP contribution in [0.3, 0.4) is 0 Å². The molecular formula is C16H14F4N2O. The monoisotopic (exact) mass is 326 g/mol. The Balaban J connectivity index is 1.80. The molecule has 0 fully saturated rings. The van der Waals surface area contributed by atoms with E-state index in [0.29, 0.717) is 5.56 Å². The van der Waals surface area contributed by atoms with Gasteiger partial charge in [-0.15, -0.1) is 0 Å². The third-order valence-corrected chi connectivity index (χ3v) is 3.11. The number of carbonyl (C=O) groups is 1. The van der Waals surface area contributed by atoms with Crippen molar-refractivity contribution in [3.05, 3.63) is 65.2 Å². The Morgan fingerprint density at radius 1 is 0.913 bits per heavy atom. The summed E-state index contributed by atoms with van der Waals surface area (Å²) in [6.07, 6.45) is -0.0348. The zero-order valence-corrected chi connectivity index (χ0v) is 12.0. The summed E-state index contributed by atoms with van der Waals surface area (Å²) in [5, 5.41) is 5.02. The molecule has 2 aromatic rings. The van der Waals surface area contributed by atoms with Crippen LogP contribution in [0.4, 0.5) is 23.2 Å². The van der Waals surface area contributed by atoms with Crippen LogP contribution in [0.2, 0.25) is 0 Å². The number of carbonyl (C=O) groups excluding carboxylic acids is 1. The number of benzene rings is 2. The van der Waals surface area contributed by atoms with Crippen LogP contribution < -0.4 is 10.6 Å². The smallest absolute Gasteiger partial charge is 0.225 e. The molecule has 0 aliphatic rings. The van der Waals surface area contributed by atoms with E-state index in [1.54, 1.807) is 18.2 Å². The molecule has 0 atom stereocenters. The lowest BCUT2D eigenvalue weighted by Crippen LogP contribution is -2.22. The van der Waals surface area contributed by atoms with Gasteiger partial charge < -0.3 is 10.6 Å². The lowest BCUT2D eigenvalue weighted by molar-refractivity contribution is -0.116. The summed E-state index contributed by atoms with van der Waals surface area (Å²) in [5.41, 5.74) is 0.0302. The summed E-state index contributed by atoms with van der Waals surface area (Å²) >= 11 is 0. The number of anilines is 1. The number of nitrogens with one attached hydrogen (secondary N) is 2. The zero-order chi connectivity index (χ0) is 16.8. The highest BCUT2D eigenvalue weighted by molar-refractivity contribution is 5.90. The van der Waals surface area contributed by atoms with E-state index in [-0.39, 0.29) is 25.3 Å². The molecule has 3 nitrogen and oxygen atoms in total. The van der Waals surface area contributed by atoms with Crippen molar-refractivity contribution in [3.8, 4) is 0 Å². The molecule has 7 heteroatoms. The standard InChI is InChI=1S/C16H14F4N2O/c17-11-4-2-1-3-10(11)9-21-8-7-14(23)22-13-6-5-12(18)15(19)16(13)20/h1-6,21H,7-9H2,(H,22,23). The van der Waals surface area contributed by atoms with Crippen molar-refractivity contribution in [3.63, 3.8) is 0 Å². The Kier molecular flexibility index (Phi) is 5.70. The van der Waals surface area contributed by atoms with Crippen LogP contribution in [0.25, 0.3) is 0 Å². The van der Waals surface area contributed by atoms with Crippen LogP contribution in [-0.2, 0) is 11.3 Å². The van der Waals surface area contributed by atoms with Crippen LogP contribution >= 0.6 is 0 Å². The topological polar surface area (TPSA) is 41.1 Å². The third kappa shape index (κ3) is 4.53. The molecule has 0 saturated heterocycles. The second-order valence-electron chi connectivity index (χ2n) is 4.79. The molecular weight excluding hydrogens is 312 g/mol. The minimum Gasteiger partial charge on any atom is -0.323 e. The van der Waals surface area contributed by atoms with Gasteiger partial charge in [0, 0.05) is 25.1 Å². The van der Waals surface area contributed by atoms with Crippen LogP contribution in [0, 0.1) is 23.3 Å². The van der Waals surface area contributed by atoms with E-state index >= 15 is 0 Å². The molecule has 0 heterocycles. The van der Waals surface area contributed by atoms with Gasteiger partial charge in [0.25, 0.3) is 0 Å². The Morgan fingerprint density at radius 2 is 1.65 bits per heavy atom. The average molecular weight is 326 g/mol. The summed E-state index contributed by atoms with van der Waals surface area (Å²) in [6, 6.07) is 7.87. The van der Waals surface area contributed by atoms with Crippen LogP contribution in [0.15, 0.2) is 36.4 Å². The van der Waals surface area contributed by atoms with Crippen molar-refractivity contribution < 1.29 is 22.4 Å². The average Bonchev–Trinajstić information content (AvgIpc) is 2.54. The first-order chi connectivity index (χ1) is 11.0. The predicted octanol–water partition coefficient (Wildman–Crippen LogP) is 3.36. The van der Waals surface area contributed by atoms with Gasteiger partial charge in [0.15, 0.2) is 17.5 Å². The van der Waals surface area contributed by atoms with Gasteiger partial charge in [0.1, 0.15) is 5.82 Å². The molecule has 23 heavy (non-hydrogen) atoms. The van der Waals surface area contributed by atoms with Crippen LogP contribution in [0.5, 0.6) is 0 Å². The van der Waals surface area contributed by atoms with Crippen molar-refractivity contribution >= 4 is 11.6 Å². The normalized spacial score (nSPS) is 10.6. The molecule has 0 spiro atoms. The largest absolute Gasteiger partial charge is 0.323 e. The number of hydrogen-bond acceptors (Lipinski definition) is 2. The Bertz CT molecular complexity index is 706. The van der Waals surface area contributed by atoms with Gasteiger partial charge in [0.2, 0.25) is 5.91 Å². The van der Waals surface area contributed by atoms with Crippen molar-refractivity contribution in [1.82, 2.24) is 5.32 Å². The van der Waals surface area contributed by atoms with E-state index in [4.69, 9.17) is 0 Å². The number of halogens is 4. The molecule has 0 aliphatic heterocycles. The highest BCUT2D eigenvalue weighted by atomic mass is 19.2. The fourth-order valence-corrected chi connectivity index (χ4v) is 1.90. The summed E-state index contributed by atoms with van der Waals surface area (Å²) in [5.74, 6) is -5.34. The fourth-order valence-electron chi connectivity index (χ4n) is 1.90. The summed E-state index contributed by atoms with van der Waals surface area (Å²) in [4.78, 5) is 11.6. The first-order valence-electron chi connectivity index (χ1n) is 6.86. The van der Waals surface area contributed by atoms with Gasteiger partial charge in [-0.25, -0.2) is 17.6 Å². The highest BCUT2D eigenvalue weighted by Crippen LogP contribution is 2.19. The molecule has 0 unspecified atom stereocenters. The SMILES string of the molecule is O=C(CCNCc1ccccc1F)Nc1ccc(F)c(F)c1F. The fraction of sp³-hybridized carbons (Fsp3) is 0.188. The summed E-state index contributed by atoms with van der Waals surface area (Å²) < 4.78 is 52.5. The maximum Gasteiger partial charge on any atom is 0.225 e. The second-order valence-corrected chi connectivity index (χ2v) is 4.79. The van der Waals surface area contributed by atoms with E-state index < -0.39 is 29.0 Å². The van der Waals surface area contributed by atoms with E-state index in [1.807, 2.05) is 0 Å². The molecule has 0 radical (unpaired) electrons. The van der Waals surface area contributed by atoms with E-state index in [9.17, 15) is 22.4 Å². The Morgan fingerprint density at radius 3 is 2.39 bits per heavy atom. The van der Waals surface area contributed by atoms with Gasteiger partial charge in [-0.3, -0.25) is 4.79 Å².